The number of carbonyl (C=O) groups is 1. The normalized spacial score (nSPS) is 25.9. The number of nitrogens with zero attached hydrogens (tertiary/aromatic N) is 1. The fraction of sp³-hybridized carbons (Fsp3) is 0.929. The Hall–Kier alpha value is -0.610. The zero-order valence-electron chi connectivity index (χ0n) is 11.7. The van der Waals surface area contributed by atoms with E-state index in [1.165, 1.54) is 25.7 Å². The number of likely N-dealkylation sites (tertiary alicyclic amines) is 1. The lowest BCUT2D eigenvalue weighted by atomic mass is 9.82. The molecule has 1 aliphatic heterocycles. The molecule has 1 aliphatic carbocycles. The van der Waals surface area contributed by atoms with Crippen molar-refractivity contribution < 1.29 is 4.79 Å². The molecule has 0 aromatic carbocycles. The Kier molecular flexibility index (Phi) is 4.28. The molecule has 2 rings (SSSR count). The minimum Gasteiger partial charge on any atom is -0.368 e. The molecule has 18 heavy (non-hydrogen) atoms. The minimum atomic E-state index is -0.195. The number of piperidine rings is 1. The van der Waals surface area contributed by atoms with Gasteiger partial charge in [-0.3, -0.25) is 4.79 Å². The molecule has 1 saturated heterocycles. The molecular weight excluding hydrogens is 226 g/mol. The monoisotopic (exact) mass is 253 g/mol. The number of amides is 1. The highest BCUT2D eigenvalue weighted by molar-refractivity contribution is 5.79. The van der Waals surface area contributed by atoms with Gasteiger partial charge in [0.2, 0.25) is 5.91 Å². The second-order valence-corrected chi connectivity index (χ2v) is 6.69. The molecule has 2 fully saturated rings. The molecule has 1 saturated carbocycles. The molecule has 1 unspecified atom stereocenters. The zero-order chi connectivity index (χ0) is 13.2. The summed E-state index contributed by atoms with van der Waals surface area (Å²) in [5, 5.41) is 3.35. The van der Waals surface area contributed by atoms with Crippen LogP contribution in [0, 0.1) is 5.41 Å². The minimum absolute atomic E-state index is 0.132. The largest absolute Gasteiger partial charge is 0.368 e. The molecule has 2 aliphatic rings. The van der Waals surface area contributed by atoms with Crippen LogP contribution in [0.3, 0.4) is 0 Å². The van der Waals surface area contributed by atoms with E-state index >= 15 is 0 Å². The van der Waals surface area contributed by atoms with Gasteiger partial charge < -0.3 is 16.0 Å². The molecule has 4 heteroatoms. The van der Waals surface area contributed by atoms with Gasteiger partial charge in [0, 0.05) is 12.6 Å². The van der Waals surface area contributed by atoms with Crippen molar-refractivity contribution in [3.05, 3.63) is 0 Å². The lowest BCUT2D eigenvalue weighted by molar-refractivity contribution is -0.120. The van der Waals surface area contributed by atoms with Crippen molar-refractivity contribution in [2.24, 2.45) is 11.1 Å². The van der Waals surface area contributed by atoms with Gasteiger partial charge in [0.1, 0.15) is 0 Å². The quantitative estimate of drug-likeness (QED) is 0.745. The fourth-order valence-electron chi connectivity index (χ4n) is 2.54. The van der Waals surface area contributed by atoms with Crippen LogP contribution < -0.4 is 11.1 Å². The van der Waals surface area contributed by atoms with E-state index in [1.54, 1.807) is 0 Å². The van der Waals surface area contributed by atoms with Crippen LogP contribution in [0.2, 0.25) is 0 Å². The van der Waals surface area contributed by atoms with Gasteiger partial charge in [-0.1, -0.05) is 13.8 Å². The van der Waals surface area contributed by atoms with Crippen LogP contribution in [0.15, 0.2) is 0 Å². The summed E-state index contributed by atoms with van der Waals surface area (Å²) < 4.78 is 0. The molecule has 0 radical (unpaired) electrons. The summed E-state index contributed by atoms with van der Waals surface area (Å²) in [5.41, 5.74) is 5.94. The third-order valence-corrected chi connectivity index (χ3v) is 4.30. The van der Waals surface area contributed by atoms with Crippen LogP contribution in [0.4, 0.5) is 0 Å². The number of rotatable bonds is 6. The highest BCUT2D eigenvalue weighted by Gasteiger charge is 2.29. The molecule has 1 atom stereocenters. The Balaban J connectivity index is 1.70. The van der Waals surface area contributed by atoms with Crippen LogP contribution in [-0.4, -0.2) is 42.5 Å². The van der Waals surface area contributed by atoms with Gasteiger partial charge in [0.15, 0.2) is 0 Å². The number of hydrogen-bond acceptors (Lipinski definition) is 3. The Labute approximate surface area is 110 Å². The molecule has 3 N–H and O–H groups in total. The van der Waals surface area contributed by atoms with E-state index in [4.69, 9.17) is 5.73 Å². The number of carbonyl (C=O) groups excluding carboxylic acids is 1. The first-order chi connectivity index (χ1) is 8.46. The van der Waals surface area contributed by atoms with Gasteiger partial charge in [-0.25, -0.2) is 0 Å². The van der Waals surface area contributed by atoms with E-state index in [0.717, 1.165) is 26.1 Å². The summed E-state index contributed by atoms with van der Waals surface area (Å²) in [7, 11) is 0. The first-order valence-electron chi connectivity index (χ1n) is 7.24. The summed E-state index contributed by atoms with van der Waals surface area (Å²) in [6.07, 6.45) is 5.75. The van der Waals surface area contributed by atoms with Gasteiger partial charge in [0.25, 0.3) is 0 Å². The number of primary amides is 1. The van der Waals surface area contributed by atoms with E-state index in [9.17, 15) is 4.79 Å². The molecule has 0 aromatic heterocycles. The molecule has 104 valence electrons. The van der Waals surface area contributed by atoms with Gasteiger partial charge in [-0.2, -0.15) is 0 Å². The summed E-state index contributed by atoms with van der Waals surface area (Å²) in [4.78, 5) is 13.8. The van der Waals surface area contributed by atoms with E-state index in [2.05, 4.69) is 24.1 Å². The predicted octanol–water partition coefficient (Wildman–Crippen LogP) is 1.10. The lowest BCUT2D eigenvalue weighted by Gasteiger charge is -2.37. The van der Waals surface area contributed by atoms with Crippen LogP contribution in [0.1, 0.15) is 46.0 Å². The molecule has 0 bridgehead atoms. The number of hydrogen-bond donors (Lipinski definition) is 2. The molecule has 4 nitrogen and oxygen atoms in total. The first-order valence-corrected chi connectivity index (χ1v) is 7.24. The molecule has 0 spiro atoms. The van der Waals surface area contributed by atoms with E-state index < -0.39 is 0 Å². The van der Waals surface area contributed by atoms with Crippen molar-refractivity contribution >= 4 is 5.91 Å². The third kappa shape index (κ3) is 4.25. The van der Waals surface area contributed by atoms with Gasteiger partial charge in [-0.15, -0.1) is 0 Å². The van der Waals surface area contributed by atoms with Crippen molar-refractivity contribution in [3.8, 4) is 0 Å². The maximum Gasteiger partial charge on any atom is 0.234 e. The zero-order valence-corrected chi connectivity index (χ0v) is 11.7. The van der Waals surface area contributed by atoms with Crippen molar-refractivity contribution in [1.29, 1.82) is 0 Å². The van der Waals surface area contributed by atoms with Crippen molar-refractivity contribution in [2.45, 2.75) is 58.0 Å². The summed E-state index contributed by atoms with van der Waals surface area (Å²) in [6, 6.07) is 0.412. The summed E-state index contributed by atoms with van der Waals surface area (Å²) in [6.45, 7) is 7.98. The average Bonchev–Trinajstić information content (AvgIpc) is 3.09. The highest BCUT2D eigenvalue weighted by Crippen LogP contribution is 2.29. The summed E-state index contributed by atoms with van der Waals surface area (Å²) in [5.74, 6) is -0.195. The molecule has 1 amide bonds. The van der Waals surface area contributed by atoms with Gasteiger partial charge >= 0.3 is 0 Å². The predicted molar refractivity (Wildman–Crippen MR) is 73.2 cm³/mol. The fourth-order valence-corrected chi connectivity index (χ4v) is 2.54. The smallest absolute Gasteiger partial charge is 0.234 e. The van der Waals surface area contributed by atoms with Crippen molar-refractivity contribution in [2.75, 3.05) is 19.6 Å². The first kappa shape index (κ1) is 13.8. The van der Waals surface area contributed by atoms with Crippen LogP contribution in [0.25, 0.3) is 0 Å². The lowest BCUT2D eigenvalue weighted by Crippen LogP contribution is -2.46. The highest BCUT2D eigenvalue weighted by atomic mass is 16.1. The molecular formula is C14H27N3O. The van der Waals surface area contributed by atoms with Gasteiger partial charge in [-0.05, 0) is 50.6 Å². The van der Waals surface area contributed by atoms with E-state index in [1.807, 2.05) is 0 Å². The molecule has 0 aromatic rings. The van der Waals surface area contributed by atoms with Gasteiger partial charge in [0.05, 0.1) is 6.04 Å². The van der Waals surface area contributed by atoms with Crippen LogP contribution in [-0.2, 0) is 4.79 Å². The van der Waals surface area contributed by atoms with E-state index in [0.29, 0.717) is 11.5 Å². The SMILES string of the molecule is CC1(C)CCN(CCC(NC2CC2)C(N)=O)CC1. The molecule has 1 heterocycles. The second-order valence-electron chi connectivity index (χ2n) is 6.69. The van der Waals surface area contributed by atoms with Crippen molar-refractivity contribution in [3.63, 3.8) is 0 Å². The number of nitrogens with one attached hydrogen (secondary N) is 1. The Bertz CT molecular complexity index is 289. The Morgan fingerprint density at radius 2 is 2.00 bits per heavy atom. The second kappa shape index (κ2) is 5.57. The average molecular weight is 253 g/mol. The number of nitrogens with two attached hydrogens (primary N) is 1. The van der Waals surface area contributed by atoms with Crippen LogP contribution in [0.5, 0.6) is 0 Å². The summed E-state index contributed by atoms with van der Waals surface area (Å²) >= 11 is 0. The maximum atomic E-state index is 11.4. The Morgan fingerprint density at radius 1 is 1.39 bits per heavy atom. The standard InChI is InChI=1S/C14H27N3O/c1-14(2)6-9-17(10-7-14)8-5-12(13(15)18)16-11-3-4-11/h11-12,16H,3-10H2,1-2H3,(H2,15,18). The van der Waals surface area contributed by atoms with E-state index in [-0.39, 0.29) is 11.9 Å². The third-order valence-electron chi connectivity index (χ3n) is 4.30. The van der Waals surface area contributed by atoms with Crippen LogP contribution >= 0.6 is 0 Å². The topological polar surface area (TPSA) is 58.4 Å². The Morgan fingerprint density at radius 3 is 2.50 bits per heavy atom. The maximum absolute atomic E-state index is 11.4. The van der Waals surface area contributed by atoms with Crippen molar-refractivity contribution in [1.82, 2.24) is 10.2 Å².